The first kappa shape index (κ1) is 15.3. The highest BCUT2D eigenvalue weighted by atomic mass is 127. The summed E-state index contributed by atoms with van der Waals surface area (Å²) >= 11 is 3.73. The van der Waals surface area contributed by atoms with Crippen molar-refractivity contribution >= 4 is 56.9 Å². The molecule has 1 aromatic heterocycles. The fourth-order valence-corrected chi connectivity index (χ4v) is 3.48. The molecule has 3 nitrogen and oxygen atoms in total. The van der Waals surface area contributed by atoms with Gasteiger partial charge in [-0.15, -0.1) is 11.8 Å². The van der Waals surface area contributed by atoms with Crippen molar-refractivity contribution in [2.24, 2.45) is 0 Å². The minimum absolute atomic E-state index is 0.0139. The number of hydrogen-bond donors (Lipinski definition) is 1. The third kappa shape index (κ3) is 3.78. The third-order valence-electron chi connectivity index (χ3n) is 3.06. The maximum atomic E-state index is 12.1. The molecule has 110 valence electrons. The van der Waals surface area contributed by atoms with E-state index in [4.69, 9.17) is 0 Å². The summed E-state index contributed by atoms with van der Waals surface area (Å²) < 4.78 is 1.10. The average molecular weight is 420 g/mol. The molecule has 0 aliphatic rings. The Morgan fingerprint density at radius 3 is 2.82 bits per heavy atom. The largest absolute Gasteiger partial charge is 0.325 e. The van der Waals surface area contributed by atoms with Crippen molar-refractivity contribution in [1.29, 1.82) is 0 Å². The molecular weight excluding hydrogens is 407 g/mol. The van der Waals surface area contributed by atoms with Crippen LogP contribution in [0.1, 0.15) is 0 Å². The second-order valence-electron chi connectivity index (χ2n) is 4.68. The fraction of sp³-hybridized carbons (Fsp3) is 0.0588. The van der Waals surface area contributed by atoms with Gasteiger partial charge in [-0.1, -0.05) is 24.3 Å². The van der Waals surface area contributed by atoms with E-state index < -0.39 is 0 Å². The second-order valence-corrected chi connectivity index (χ2v) is 6.94. The smallest absolute Gasteiger partial charge is 0.234 e. The summed E-state index contributed by atoms with van der Waals surface area (Å²) in [6.45, 7) is 0. The van der Waals surface area contributed by atoms with E-state index in [2.05, 4.69) is 32.9 Å². The molecule has 0 bridgehead atoms. The first-order valence-electron chi connectivity index (χ1n) is 6.74. The number of para-hydroxylation sites is 1. The minimum Gasteiger partial charge on any atom is -0.325 e. The number of carbonyl (C=O) groups is 1. The lowest BCUT2D eigenvalue weighted by Gasteiger charge is -2.07. The van der Waals surface area contributed by atoms with Crippen LogP contribution < -0.4 is 5.32 Å². The van der Waals surface area contributed by atoms with Crippen molar-refractivity contribution in [1.82, 2.24) is 4.98 Å². The maximum Gasteiger partial charge on any atom is 0.234 e. The van der Waals surface area contributed by atoms with Gasteiger partial charge >= 0.3 is 0 Å². The van der Waals surface area contributed by atoms with Gasteiger partial charge in [0.1, 0.15) is 0 Å². The molecule has 0 spiro atoms. The molecule has 0 fully saturated rings. The molecule has 1 amide bonds. The van der Waals surface area contributed by atoms with Gasteiger partial charge < -0.3 is 5.32 Å². The highest BCUT2D eigenvalue weighted by Gasteiger charge is 2.07. The van der Waals surface area contributed by atoms with Gasteiger partial charge in [0.15, 0.2) is 0 Å². The quantitative estimate of drug-likeness (QED) is 0.497. The number of rotatable bonds is 4. The molecule has 0 radical (unpaired) electrons. The van der Waals surface area contributed by atoms with Crippen LogP contribution in [0.4, 0.5) is 5.69 Å². The number of hydrogen-bond acceptors (Lipinski definition) is 3. The molecule has 1 heterocycles. The highest BCUT2D eigenvalue weighted by molar-refractivity contribution is 14.1. The zero-order valence-electron chi connectivity index (χ0n) is 11.6. The van der Waals surface area contributed by atoms with Crippen LogP contribution in [0.5, 0.6) is 0 Å². The van der Waals surface area contributed by atoms with Crippen LogP contribution in [0.2, 0.25) is 0 Å². The molecule has 3 rings (SSSR count). The van der Waals surface area contributed by atoms with Gasteiger partial charge in [-0.25, -0.2) is 0 Å². The van der Waals surface area contributed by atoms with Gasteiger partial charge in [-0.3, -0.25) is 9.78 Å². The Balaban J connectivity index is 1.68. The molecule has 2 aromatic carbocycles. The van der Waals surface area contributed by atoms with Crippen molar-refractivity contribution in [3.63, 3.8) is 0 Å². The number of carbonyl (C=O) groups excluding carboxylic acids is 1. The van der Waals surface area contributed by atoms with E-state index in [0.717, 1.165) is 25.1 Å². The molecule has 0 saturated heterocycles. The molecular formula is C17H13IN2OS. The van der Waals surface area contributed by atoms with Crippen LogP contribution in [-0.4, -0.2) is 16.6 Å². The maximum absolute atomic E-state index is 12.1. The summed E-state index contributed by atoms with van der Waals surface area (Å²) in [7, 11) is 0. The van der Waals surface area contributed by atoms with Crippen LogP contribution in [0.3, 0.4) is 0 Å². The SMILES string of the molecule is O=C(CSc1cccc2cccnc12)Nc1cccc(I)c1. The topological polar surface area (TPSA) is 42.0 Å². The highest BCUT2D eigenvalue weighted by Crippen LogP contribution is 2.26. The summed E-state index contributed by atoms with van der Waals surface area (Å²) in [5.41, 5.74) is 1.77. The van der Waals surface area contributed by atoms with E-state index >= 15 is 0 Å². The summed E-state index contributed by atoms with van der Waals surface area (Å²) in [6.07, 6.45) is 1.78. The number of nitrogens with zero attached hydrogens (tertiary/aromatic N) is 1. The number of benzene rings is 2. The second kappa shape index (κ2) is 7.11. The van der Waals surface area contributed by atoms with Crippen molar-refractivity contribution in [3.05, 3.63) is 64.4 Å². The number of anilines is 1. The Labute approximate surface area is 146 Å². The molecule has 0 saturated carbocycles. The van der Waals surface area contributed by atoms with Gasteiger partial charge in [0.25, 0.3) is 0 Å². The van der Waals surface area contributed by atoms with Crippen molar-refractivity contribution in [3.8, 4) is 0 Å². The van der Waals surface area contributed by atoms with Crippen LogP contribution in [-0.2, 0) is 4.79 Å². The van der Waals surface area contributed by atoms with Crippen LogP contribution in [0.25, 0.3) is 10.9 Å². The lowest BCUT2D eigenvalue weighted by Crippen LogP contribution is -2.14. The predicted octanol–water partition coefficient (Wildman–Crippen LogP) is 4.57. The summed E-state index contributed by atoms with van der Waals surface area (Å²) in [6, 6.07) is 17.7. The molecule has 0 atom stereocenters. The van der Waals surface area contributed by atoms with Crippen molar-refractivity contribution in [2.75, 3.05) is 11.1 Å². The number of nitrogens with one attached hydrogen (secondary N) is 1. The minimum atomic E-state index is -0.0139. The molecule has 0 aliphatic carbocycles. The van der Waals surface area contributed by atoms with Gasteiger partial charge in [0.2, 0.25) is 5.91 Å². The lowest BCUT2D eigenvalue weighted by atomic mass is 10.2. The third-order valence-corrected chi connectivity index (χ3v) is 4.78. The molecule has 3 aromatic rings. The number of amides is 1. The number of pyridine rings is 1. The Bertz CT molecular complexity index is 817. The average Bonchev–Trinajstić information content (AvgIpc) is 2.53. The standard InChI is InChI=1S/C17H13IN2OS/c18-13-6-2-7-14(10-13)20-16(21)11-22-15-8-1-4-12-5-3-9-19-17(12)15/h1-10H,11H2,(H,20,21). The zero-order valence-corrected chi connectivity index (χ0v) is 14.6. The van der Waals surface area contributed by atoms with E-state index in [-0.39, 0.29) is 5.91 Å². The first-order valence-corrected chi connectivity index (χ1v) is 8.81. The Kier molecular flexibility index (Phi) is 4.94. The van der Waals surface area contributed by atoms with Crippen LogP contribution in [0.15, 0.2) is 65.7 Å². The Morgan fingerprint density at radius 1 is 1.14 bits per heavy atom. The van der Waals surface area contributed by atoms with Gasteiger partial charge in [-0.05, 0) is 52.9 Å². The monoisotopic (exact) mass is 420 g/mol. The molecule has 1 N–H and O–H groups in total. The Morgan fingerprint density at radius 2 is 1.95 bits per heavy atom. The van der Waals surface area contributed by atoms with E-state index in [1.165, 1.54) is 11.8 Å². The van der Waals surface area contributed by atoms with Gasteiger partial charge in [-0.2, -0.15) is 0 Å². The van der Waals surface area contributed by atoms with Crippen molar-refractivity contribution in [2.45, 2.75) is 4.90 Å². The van der Waals surface area contributed by atoms with Crippen molar-refractivity contribution < 1.29 is 4.79 Å². The van der Waals surface area contributed by atoms with E-state index in [9.17, 15) is 4.79 Å². The fourth-order valence-electron chi connectivity index (χ4n) is 2.10. The van der Waals surface area contributed by atoms with Crippen LogP contribution in [0, 0.1) is 3.57 Å². The molecule has 22 heavy (non-hydrogen) atoms. The van der Waals surface area contributed by atoms with Crippen LogP contribution >= 0.6 is 34.4 Å². The number of thioether (sulfide) groups is 1. The Hall–Kier alpha value is -1.60. The normalized spacial score (nSPS) is 10.6. The summed E-state index contributed by atoms with van der Waals surface area (Å²) in [5.74, 6) is 0.348. The predicted molar refractivity (Wildman–Crippen MR) is 100 cm³/mol. The number of halogens is 1. The zero-order chi connectivity index (χ0) is 15.4. The molecule has 0 aliphatic heterocycles. The molecule has 0 unspecified atom stereocenters. The number of aromatic nitrogens is 1. The lowest BCUT2D eigenvalue weighted by molar-refractivity contribution is -0.113. The van der Waals surface area contributed by atoms with Gasteiger partial charge in [0, 0.05) is 25.7 Å². The number of fused-ring (bicyclic) bond motifs is 1. The van der Waals surface area contributed by atoms with E-state index in [1.807, 2.05) is 54.6 Å². The summed E-state index contributed by atoms with van der Waals surface area (Å²) in [4.78, 5) is 17.5. The molecule has 5 heteroatoms. The van der Waals surface area contributed by atoms with E-state index in [1.54, 1.807) is 6.20 Å². The summed E-state index contributed by atoms with van der Waals surface area (Å²) in [5, 5.41) is 4.00. The first-order chi connectivity index (χ1) is 10.7. The van der Waals surface area contributed by atoms with E-state index in [0.29, 0.717) is 5.75 Å². The van der Waals surface area contributed by atoms with Gasteiger partial charge in [0.05, 0.1) is 11.3 Å².